The number of benzene rings is 1. The first-order valence-corrected chi connectivity index (χ1v) is 7.90. The predicted octanol–water partition coefficient (Wildman–Crippen LogP) is 3.77. The number of nitrogens with zero attached hydrogens (tertiary/aromatic N) is 3. The smallest absolute Gasteiger partial charge is 0.338 e. The SMILES string of the molecule is CCOC(=O)c1cc(Nc2ccc(F)cc2F)nc(-n2ccc(C)n2)c1. The van der Waals surface area contributed by atoms with Crippen molar-refractivity contribution in [3.05, 3.63) is 65.5 Å². The Hall–Kier alpha value is -3.29. The molecule has 0 amide bonds. The third kappa shape index (κ3) is 3.85. The maximum atomic E-state index is 13.9. The largest absolute Gasteiger partial charge is 0.462 e. The van der Waals surface area contributed by atoms with Gasteiger partial charge in [0, 0.05) is 12.3 Å². The van der Waals surface area contributed by atoms with E-state index in [2.05, 4.69) is 15.4 Å². The van der Waals surface area contributed by atoms with Crippen molar-refractivity contribution in [3.63, 3.8) is 0 Å². The highest BCUT2D eigenvalue weighted by Crippen LogP contribution is 2.22. The van der Waals surface area contributed by atoms with E-state index in [1.165, 1.54) is 22.9 Å². The van der Waals surface area contributed by atoms with Gasteiger partial charge in [-0.3, -0.25) is 0 Å². The molecule has 1 aromatic carbocycles. The molecule has 0 saturated heterocycles. The van der Waals surface area contributed by atoms with Crippen molar-refractivity contribution in [2.45, 2.75) is 13.8 Å². The maximum Gasteiger partial charge on any atom is 0.338 e. The van der Waals surface area contributed by atoms with Gasteiger partial charge >= 0.3 is 5.97 Å². The van der Waals surface area contributed by atoms with Crippen molar-refractivity contribution >= 4 is 17.5 Å². The van der Waals surface area contributed by atoms with Crippen molar-refractivity contribution in [1.29, 1.82) is 0 Å². The van der Waals surface area contributed by atoms with Crippen molar-refractivity contribution in [2.24, 2.45) is 0 Å². The molecule has 0 spiro atoms. The van der Waals surface area contributed by atoms with Gasteiger partial charge in [0.15, 0.2) is 5.82 Å². The van der Waals surface area contributed by atoms with E-state index < -0.39 is 17.6 Å². The lowest BCUT2D eigenvalue weighted by Crippen LogP contribution is -2.09. The average molecular weight is 358 g/mol. The van der Waals surface area contributed by atoms with E-state index >= 15 is 0 Å². The summed E-state index contributed by atoms with van der Waals surface area (Å²) in [7, 11) is 0. The van der Waals surface area contributed by atoms with Gasteiger partial charge in [-0.1, -0.05) is 0 Å². The Bertz CT molecular complexity index is 956. The lowest BCUT2D eigenvalue weighted by Gasteiger charge is -2.11. The molecule has 134 valence electrons. The zero-order valence-corrected chi connectivity index (χ0v) is 14.2. The zero-order valence-electron chi connectivity index (χ0n) is 14.2. The number of rotatable bonds is 5. The van der Waals surface area contributed by atoms with E-state index in [1.54, 1.807) is 19.2 Å². The van der Waals surface area contributed by atoms with Gasteiger partial charge in [-0.05, 0) is 44.2 Å². The highest BCUT2D eigenvalue weighted by molar-refractivity contribution is 5.91. The summed E-state index contributed by atoms with van der Waals surface area (Å²) in [4.78, 5) is 16.5. The van der Waals surface area contributed by atoms with Crippen LogP contribution in [-0.4, -0.2) is 27.3 Å². The van der Waals surface area contributed by atoms with Crippen molar-refractivity contribution < 1.29 is 18.3 Å². The molecule has 26 heavy (non-hydrogen) atoms. The van der Waals surface area contributed by atoms with Crippen LogP contribution in [-0.2, 0) is 4.74 Å². The number of hydrogen-bond acceptors (Lipinski definition) is 5. The molecular weight excluding hydrogens is 342 g/mol. The van der Waals surface area contributed by atoms with Crippen LogP contribution in [0.3, 0.4) is 0 Å². The molecule has 3 rings (SSSR count). The minimum absolute atomic E-state index is 0.0301. The van der Waals surface area contributed by atoms with E-state index in [9.17, 15) is 13.6 Å². The number of esters is 1. The maximum absolute atomic E-state index is 13.9. The Labute approximate surface area is 148 Å². The molecule has 0 aliphatic carbocycles. The molecule has 0 saturated carbocycles. The van der Waals surface area contributed by atoms with Crippen molar-refractivity contribution in [3.8, 4) is 5.82 Å². The Morgan fingerprint density at radius 1 is 1.23 bits per heavy atom. The summed E-state index contributed by atoms with van der Waals surface area (Å²) in [5.41, 5.74) is 1.03. The third-order valence-electron chi connectivity index (χ3n) is 3.47. The highest BCUT2D eigenvalue weighted by Gasteiger charge is 2.14. The summed E-state index contributed by atoms with van der Waals surface area (Å²) in [5.74, 6) is -1.45. The number of aromatic nitrogens is 3. The third-order valence-corrected chi connectivity index (χ3v) is 3.47. The monoisotopic (exact) mass is 358 g/mol. The van der Waals surface area contributed by atoms with Crippen LogP contribution >= 0.6 is 0 Å². The molecule has 3 aromatic rings. The summed E-state index contributed by atoms with van der Waals surface area (Å²) in [6.45, 7) is 3.73. The van der Waals surface area contributed by atoms with Gasteiger partial charge in [-0.25, -0.2) is 23.2 Å². The fourth-order valence-electron chi connectivity index (χ4n) is 2.30. The Morgan fingerprint density at radius 2 is 2.04 bits per heavy atom. The molecule has 1 N–H and O–H groups in total. The lowest BCUT2D eigenvalue weighted by atomic mass is 10.2. The van der Waals surface area contributed by atoms with Crippen LogP contribution in [0.15, 0.2) is 42.6 Å². The second-order valence-electron chi connectivity index (χ2n) is 5.47. The fourth-order valence-corrected chi connectivity index (χ4v) is 2.30. The first-order chi connectivity index (χ1) is 12.5. The van der Waals surface area contributed by atoms with E-state index in [1.807, 2.05) is 6.92 Å². The first-order valence-electron chi connectivity index (χ1n) is 7.90. The predicted molar refractivity (Wildman–Crippen MR) is 91.7 cm³/mol. The Morgan fingerprint density at radius 3 is 2.69 bits per heavy atom. The van der Waals surface area contributed by atoms with Crippen LogP contribution in [0, 0.1) is 18.6 Å². The van der Waals surface area contributed by atoms with Gasteiger partial charge in [0.05, 0.1) is 23.6 Å². The van der Waals surface area contributed by atoms with Crippen LogP contribution in [0.25, 0.3) is 5.82 Å². The molecule has 2 aromatic heterocycles. The van der Waals surface area contributed by atoms with Crippen LogP contribution in [0.4, 0.5) is 20.3 Å². The summed E-state index contributed by atoms with van der Waals surface area (Å²) in [5, 5.41) is 7.01. The van der Waals surface area contributed by atoms with Gasteiger partial charge in [0.25, 0.3) is 0 Å². The molecule has 2 heterocycles. The van der Waals surface area contributed by atoms with Gasteiger partial charge in [-0.2, -0.15) is 5.10 Å². The molecule has 0 atom stereocenters. The number of carbonyl (C=O) groups is 1. The Balaban J connectivity index is 2.02. The van der Waals surface area contributed by atoms with Crippen LogP contribution in [0.1, 0.15) is 23.0 Å². The van der Waals surface area contributed by atoms with Gasteiger partial charge < -0.3 is 10.1 Å². The van der Waals surface area contributed by atoms with Crippen molar-refractivity contribution in [2.75, 3.05) is 11.9 Å². The summed E-state index contributed by atoms with van der Waals surface area (Å²) >= 11 is 0. The second-order valence-corrected chi connectivity index (χ2v) is 5.47. The lowest BCUT2D eigenvalue weighted by molar-refractivity contribution is 0.0526. The normalized spacial score (nSPS) is 10.6. The number of ether oxygens (including phenoxy) is 1. The zero-order chi connectivity index (χ0) is 18.7. The molecule has 0 bridgehead atoms. The standard InChI is InChI=1S/C18H16F2N4O2/c1-3-26-18(25)12-8-16(21-15-5-4-13(19)10-14(15)20)22-17(9-12)24-7-6-11(2)23-24/h4-10H,3H2,1-2H3,(H,21,22). The average Bonchev–Trinajstić information content (AvgIpc) is 3.04. The van der Waals surface area contributed by atoms with Gasteiger partial charge in [0.1, 0.15) is 17.5 Å². The van der Waals surface area contributed by atoms with Crippen LogP contribution in [0.5, 0.6) is 0 Å². The number of aryl methyl sites for hydroxylation is 1. The van der Waals surface area contributed by atoms with E-state index in [-0.39, 0.29) is 23.7 Å². The summed E-state index contributed by atoms with van der Waals surface area (Å²) in [6.07, 6.45) is 1.69. The molecule has 0 unspecified atom stereocenters. The summed E-state index contributed by atoms with van der Waals surface area (Å²) in [6, 6.07) is 7.87. The fraction of sp³-hybridized carbons (Fsp3) is 0.167. The second kappa shape index (κ2) is 7.30. The quantitative estimate of drug-likeness (QED) is 0.703. The van der Waals surface area contributed by atoms with Crippen LogP contribution < -0.4 is 5.32 Å². The number of hydrogen-bond donors (Lipinski definition) is 1. The number of pyridine rings is 1. The van der Waals surface area contributed by atoms with E-state index in [0.29, 0.717) is 5.82 Å². The number of carbonyl (C=O) groups excluding carboxylic acids is 1. The van der Waals surface area contributed by atoms with Crippen LogP contribution in [0.2, 0.25) is 0 Å². The molecular formula is C18H16F2N4O2. The molecule has 0 aliphatic heterocycles. The molecule has 0 radical (unpaired) electrons. The Kier molecular flexibility index (Phi) is 4.92. The van der Waals surface area contributed by atoms with E-state index in [0.717, 1.165) is 17.8 Å². The highest BCUT2D eigenvalue weighted by atomic mass is 19.1. The van der Waals surface area contributed by atoms with E-state index in [4.69, 9.17) is 4.74 Å². The molecule has 8 heteroatoms. The minimum atomic E-state index is -0.773. The minimum Gasteiger partial charge on any atom is -0.462 e. The molecule has 6 nitrogen and oxygen atoms in total. The van der Waals surface area contributed by atoms with Gasteiger partial charge in [-0.15, -0.1) is 0 Å². The first kappa shape index (κ1) is 17.5. The molecule has 0 fully saturated rings. The van der Waals surface area contributed by atoms with Gasteiger partial charge in [0.2, 0.25) is 0 Å². The number of halogens is 2. The number of nitrogens with one attached hydrogen (secondary N) is 1. The number of anilines is 2. The molecule has 0 aliphatic rings. The summed E-state index contributed by atoms with van der Waals surface area (Å²) < 4.78 is 33.5. The van der Waals surface area contributed by atoms with Crippen molar-refractivity contribution in [1.82, 2.24) is 14.8 Å². The topological polar surface area (TPSA) is 69.0 Å².